The standard InChI is InChI=1S/C5H6N4S/c1-2-10-5-4(6-1)9-8-3-7-5/h1,3,9H,2H2,(H,7,8). The van der Waals surface area contributed by atoms with Crippen molar-refractivity contribution in [3.05, 3.63) is 10.9 Å². The normalized spacial score (nSPS) is 21.6. The van der Waals surface area contributed by atoms with Crippen LogP contribution in [0, 0.1) is 0 Å². The van der Waals surface area contributed by atoms with Crippen LogP contribution in [-0.4, -0.2) is 18.3 Å². The second kappa shape index (κ2) is 2.34. The highest BCUT2D eigenvalue weighted by Crippen LogP contribution is 2.23. The number of nitrogens with zero attached hydrogens (tertiary/aromatic N) is 2. The van der Waals surface area contributed by atoms with E-state index in [9.17, 15) is 0 Å². The average molecular weight is 154 g/mol. The van der Waals surface area contributed by atoms with Crippen molar-refractivity contribution in [2.75, 3.05) is 5.75 Å². The van der Waals surface area contributed by atoms with Crippen LogP contribution in [0.15, 0.2) is 20.8 Å². The second-order valence-electron chi connectivity index (χ2n) is 1.80. The number of rotatable bonds is 0. The smallest absolute Gasteiger partial charge is 0.177 e. The highest BCUT2D eigenvalue weighted by atomic mass is 32.2. The Kier molecular flexibility index (Phi) is 1.35. The van der Waals surface area contributed by atoms with E-state index >= 15 is 0 Å². The van der Waals surface area contributed by atoms with E-state index in [1.807, 2.05) is 6.21 Å². The molecule has 0 aromatic rings. The Bertz CT molecular complexity index is 206. The van der Waals surface area contributed by atoms with Crippen molar-refractivity contribution < 1.29 is 0 Å². The highest BCUT2D eigenvalue weighted by molar-refractivity contribution is 8.03. The molecule has 0 aliphatic carbocycles. The lowest BCUT2D eigenvalue weighted by Gasteiger charge is -2.15. The number of hydrazine groups is 1. The number of hydrogen-bond acceptors (Lipinski definition) is 5. The third-order valence-electron chi connectivity index (χ3n) is 1.15. The average Bonchev–Trinajstić information content (AvgIpc) is 2.05. The van der Waals surface area contributed by atoms with Crippen LogP contribution < -0.4 is 10.9 Å². The van der Waals surface area contributed by atoms with Crippen molar-refractivity contribution >= 4 is 24.3 Å². The fourth-order valence-corrected chi connectivity index (χ4v) is 1.42. The van der Waals surface area contributed by atoms with Crippen molar-refractivity contribution in [1.29, 1.82) is 0 Å². The van der Waals surface area contributed by atoms with Crippen molar-refractivity contribution in [2.24, 2.45) is 9.98 Å². The van der Waals surface area contributed by atoms with Gasteiger partial charge < -0.3 is 0 Å². The van der Waals surface area contributed by atoms with Crippen molar-refractivity contribution in [3.8, 4) is 0 Å². The first kappa shape index (κ1) is 5.79. The largest absolute Gasteiger partial charge is 0.289 e. The van der Waals surface area contributed by atoms with Gasteiger partial charge in [0.25, 0.3) is 0 Å². The molecule has 5 heteroatoms. The van der Waals surface area contributed by atoms with Crippen LogP contribution >= 0.6 is 11.8 Å². The maximum Gasteiger partial charge on any atom is 0.177 e. The van der Waals surface area contributed by atoms with E-state index in [2.05, 4.69) is 20.8 Å². The Morgan fingerprint density at radius 3 is 3.40 bits per heavy atom. The van der Waals surface area contributed by atoms with Crippen LogP contribution in [0.4, 0.5) is 0 Å². The maximum absolute atomic E-state index is 4.10. The minimum atomic E-state index is 0.818. The van der Waals surface area contributed by atoms with Gasteiger partial charge in [-0.05, 0) is 0 Å². The van der Waals surface area contributed by atoms with Gasteiger partial charge in [0.05, 0.1) is 0 Å². The van der Waals surface area contributed by atoms with Gasteiger partial charge >= 0.3 is 0 Å². The molecule has 0 saturated heterocycles. The quantitative estimate of drug-likeness (QED) is 0.519. The summed E-state index contributed by atoms with van der Waals surface area (Å²) in [4.78, 5) is 8.18. The molecule has 0 unspecified atom stereocenters. The van der Waals surface area contributed by atoms with E-state index in [1.54, 1.807) is 18.1 Å². The topological polar surface area (TPSA) is 48.8 Å². The maximum atomic E-state index is 4.10. The number of thioether (sulfide) groups is 1. The van der Waals surface area contributed by atoms with Crippen molar-refractivity contribution in [3.63, 3.8) is 0 Å². The lowest BCUT2D eigenvalue weighted by atomic mass is 10.7. The van der Waals surface area contributed by atoms with Gasteiger partial charge in [-0.3, -0.25) is 10.9 Å². The Morgan fingerprint density at radius 2 is 2.50 bits per heavy atom. The molecule has 2 rings (SSSR count). The summed E-state index contributed by atoms with van der Waals surface area (Å²) >= 11 is 1.68. The minimum absolute atomic E-state index is 0.818. The second-order valence-corrected chi connectivity index (χ2v) is 2.81. The number of aliphatic imine (C=N–C) groups is 2. The molecule has 2 heterocycles. The molecule has 2 aliphatic heterocycles. The Morgan fingerprint density at radius 1 is 1.50 bits per heavy atom. The van der Waals surface area contributed by atoms with Gasteiger partial charge in [0.2, 0.25) is 0 Å². The van der Waals surface area contributed by atoms with Gasteiger partial charge in [0.15, 0.2) is 5.82 Å². The fourth-order valence-electron chi connectivity index (χ4n) is 0.744. The van der Waals surface area contributed by atoms with Crippen LogP contribution in [0.2, 0.25) is 0 Å². The van der Waals surface area contributed by atoms with Gasteiger partial charge in [-0.2, -0.15) is 0 Å². The Hall–Kier alpha value is -0.970. The zero-order chi connectivity index (χ0) is 6.81. The molecule has 0 bridgehead atoms. The molecule has 2 N–H and O–H groups in total. The summed E-state index contributed by atoms with van der Waals surface area (Å²) in [5.74, 6) is 1.73. The van der Waals surface area contributed by atoms with E-state index in [1.165, 1.54) is 0 Å². The molecule has 0 atom stereocenters. The molecule has 2 aliphatic rings. The summed E-state index contributed by atoms with van der Waals surface area (Å²) < 4.78 is 0. The summed E-state index contributed by atoms with van der Waals surface area (Å²) in [6.45, 7) is 0. The van der Waals surface area contributed by atoms with Crippen LogP contribution in [0.3, 0.4) is 0 Å². The summed E-state index contributed by atoms with van der Waals surface area (Å²) in [6.07, 6.45) is 3.48. The Labute approximate surface area is 62.5 Å². The predicted molar refractivity (Wildman–Crippen MR) is 42.7 cm³/mol. The third-order valence-corrected chi connectivity index (χ3v) is 2.04. The lowest BCUT2D eigenvalue weighted by Crippen LogP contribution is -2.33. The van der Waals surface area contributed by atoms with Crippen LogP contribution in [0.1, 0.15) is 0 Å². The number of nitrogens with one attached hydrogen (secondary N) is 2. The predicted octanol–water partition coefficient (Wildman–Crippen LogP) is 0.0667. The molecule has 52 valence electrons. The van der Waals surface area contributed by atoms with Gasteiger partial charge in [0, 0.05) is 12.0 Å². The van der Waals surface area contributed by atoms with Crippen LogP contribution in [0.5, 0.6) is 0 Å². The van der Waals surface area contributed by atoms with E-state index in [0.717, 1.165) is 16.6 Å². The van der Waals surface area contributed by atoms with E-state index < -0.39 is 0 Å². The van der Waals surface area contributed by atoms with E-state index in [0.29, 0.717) is 0 Å². The summed E-state index contributed by atoms with van der Waals surface area (Å²) in [5.41, 5.74) is 5.64. The first-order valence-corrected chi connectivity index (χ1v) is 3.89. The summed E-state index contributed by atoms with van der Waals surface area (Å²) in [6, 6.07) is 0. The fraction of sp³-hybridized carbons (Fsp3) is 0.200. The van der Waals surface area contributed by atoms with Crippen LogP contribution in [-0.2, 0) is 0 Å². The molecular weight excluding hydrogens is 148 g/mol. The van der Waals surface area contributed by atoms with E-state index in [4.69, 9.17) is 0 Å². The monoisotopic (exact) mass is 154 g/mol. The zero-order valence-corrected chi connectivity index (χ0v) is 5.98. The van der Waals surface area contributed by atoms with Crippen LogP contribution in [0.25, 0.3) is 0 Å². The molecule has 0 spiro atoms. The van der Waals surface area contributed by atoms with Crippen molar-refractivity contribution in [1.82, 2.24) is 10.9 Å². The van der Waals surface area contributed by atoms with Gasteiger partial charge in [0.1, 0.15) is 11.4 Å². The first-order valence-electron chi connectivity index (χ1n) is 2.90. The molecule has 0 amide bonds. The first-order chi connectivity index (χ1) is 4.97. The SMILES string of the molecule is C1=NC2=C(N=CNN2)SC1. The van der Waals surface area contributed by atoms with Gasteiger partial charge in [-0.1, -0.05) is 11.8 Å². The molecule has 0 saturated carbocycles. The summed E-state index contributed by atoms with van der Waals surface area (Å²) in [7, 11) is 0. The molecule has 0 aromatic carbocycles. The molecule has 0 radical (unpaired) electrons. The van der Waals surface area contributed by atoms with Crippen molar-refractivity contribution in [2.45, 2.75) is 0 Å². The molecule has 4 nitrogen and oxygen atoms in total. The Balaban J connectivity index is 2.32. The molecular formula is C5H6N4S. The highest BCUT2D eigenvalue weighted by Gasteiger charge is 2.10. The molecule has 0 aromatic heterocycles. The van der Waals surface area contributed by atoms with Gasteiger partial charge in [-0.25, -0.2) is 9.98 Å². The zero-order valence-electron chi connectivity index (χ0n) is 5.16. The summed E-state index contributed by atoms with van der Waals surface area (Å²) in [5, 5.41) is 0.959. The minimum Gasteiger partial charge on any atom is -0.289 e. The molecule has 10 heavy (non-hydrogen) atoms. The molecule has 0 fully saturated rings. The van der Waals surface area contributed by atoms with Gasteiger partial charge in [-0.15, -0.1) is 0 Å². The van der Waals surface area contributed by atoms with E-state index in [-0.39, 0.29) is 0 Å². The number of hydrogen-bond donors (Lipinski definition) is 2. The lowest BCUT2D eigenvalue weighted by molar-refractivity contribution is 0.746. The third kappa shape index (κ3) is 0.881.